The van der Waals surface area contributed by atoms with E-state index in [1.165, 1.54) is 0 Å². The molecule has 3 heteroatoms. The molecule has 0 amide bonds. The summed E-state index contributed by atoms with van der Waals surface area (Å²) in [5.74, 6) is -0.169. The molecule has 0 N–H and O–H groups in total. The van der Waals surface area contributed by atoms with E-state index in [9.17, 15) is 9.59 Å². The standard InChI is InChI=1S/C22H11BrO2/c23-16-6-5-14-10-19-20(11-15(14)7-16)22(25)18-9-13-4-2-1-3-12(13)8-17(18)21(19)24/h1-11H. The van der Waals surface area contributed by atoms with Crippen LogP contribution in [0, 0.1) is 0 Å². The highest BCUT2D eigenvalue weighted by atomic mass is 79.9. The van der Waals surface area contributed by atoms with Gasteiger partial charge in [0.25, 0.3) is 0 Å². The summed E-state index contributed by atoms with van der Waals surface area (Å²) >= 11 is 3.46. The summed E-state index contributed by atoms with van der Waals surface area (Å²) in [6.45, 7) is 0. The molecule has 2 nitrogen and oxygen atoms in total. The van der Waals surface area contributed by atoms with Crippen LogP contribution in [0.2, 0.25) is 0 Å². The molecule has 0 fully saturated rings. The van der Waals surface area contributed by atoms with E-state index in [1.807, 2.05) is 66.7 Å². The summed E-state index contributed by atoms with van der Waals surface area (Å²) in [7, 11) is 0. The van der Waals surface area contributed by atoms with Gasteiger partial charge >= 0.3 is 0 Å². The van der Waals surface area contributed by atoms with Gasteiger partial charge in [0.1, 0.15) is 0 Å². The molecule has 4 aromatic carbocycles. The molecule has 0 saturated carbocycles. The Morgan fingerprint density at radius 2 is 0.960 bits per heavy atom. The van der Waals surface area contributed by atoms with Crippen LogP contribution in [0.3, 0.4) is 0 Å². The average molecular weight is 387 g/mol. The van der Waals surface area contributed by atoms with E-state index in [2.05, 4.69) is 15.9 Å². The van der Waals surface area contributed by atoms with Crippen LogP contribution in [-0.2, 0) is 0 Å². The van der Waals surface area contributed by atoms with Crippen molar-refractivity contribution in [2.45, 2.75) is 0 Å². The molecule has 0 atom stereocenters. The van der Waals surface area contributed by atoms with Crippen LogP contribution in [0.15, 0.2) is 71.2 Å². The highest BCUT2D eigenvalue weighted by Gasteiger charge is 2.30. The second-order valence-corrected chi connectivity index (χ2v) is 7.21. The quantitative estimate of drug-likeness (QED) is 0.350. The number of hydrogen-bond acceptors (Lipinski definition) is 2. The first-order valence-corrected chi connectivity index (χ1v) is 8.77. The SMILES string of the molecule is O=C1c2cc3ccccc3cc2C(=O)c2cc3cc(Br)ccc3cc21. The minimum absolute atomic E-state index is 0.0832. The second kappa shape index (κ2) is 5.11. The summed E-state index contributed by atoms with van der Waals surface area (Å²) in [4.78, 5) is 26.1. The zero-order valence-electron chi connectivity index (χ0n) is 13.0. The Hall–Kier alpha value is -2.78. The first kappa shape index (κ1) is 14.6. The number of rotatable bonds is 0. The summed E-state index contributed by atoms with van der Waals surface area (Å²) in [6, 6.07) is 21.0. The zero-order chi connectivity index (χ0) is 17.1. The van der Waals surface area contributed by atoms with Gasteiger partial charge in [-0.1, -0.05) is 46.3 Å². The average Bonchev–Trinajstić information content (AvgIpc) is 2.63. The maximum Gasteiger partial charge on any atom is 0.194 e. The number of carbonyl (C=O) groups excluding carboxylic acids is 2. The van der Waals surface area contributed by atoms with Crippen LogP contribution in [0.5, 0.6) is 0 Å². The van der Waals surface area contributed by atoms with Crippen LogP contribution in [-0.4, -0.2) is 11.6 Å². The molecule has 0 spiro atoms. The van der Waals surface area contributed by atoms with Crippen molar-refractivity contribution < 1.29 is 9.59 Å². The predicted molar refractivity (Wildman–Crippen MR) is 102 cm³/mol. The van der Waals surface area contributed by atoms with Crippen molar-refractivity contribution in [3.8, 4) is 0 Å². The summed E-state index contributed by atoms with van der Waals surface area (Å²) in [5.41, 5.74) is 1.96. The van der Waals surface area contributed by atoms with Crippen LogP contribution in [0.25, 0.3) is 21.5 Å². The Labute approximate surface area is 152 Å². The van der Waals surface area contributed by atoms with E-state index in [1.54, 1.807) is 0 Å². The third kappa shape index (κ3) is 2.09. The highest BCUT2D eigenvalue weighted by molar-refractivity contribution is 9.10. The Morgan fingerprint density at radius 1 is 0.520 bits per heavy atom. The molecule has 25 heavy (non-hydrogen) atoms. The Kier molecular flexibility index (Phi) is 2.97. The number of fused-ring (bicyclic) bond motifs is 4. The summed E-state index contributed by atoms with van der Waals surface area (Å²) < 4.78 is 0.945. The third-order valence-corrected chi connectivity index (χ3v) is 5.30. The molecule has 1 aliphatic carbocycles. The van der Waals surface area contributed by atoms with Crippen molar-refractivity contribution >= 4 is 49.0 Å². The van der Waals surface area contributed by atoms with Crippen molar-refractivity contribution in [1.29, 1.82) is 0 Å². The van der Waals surface area contributed by atoms with E-state index in [0.29, 0.717) is 22.3 Å². The van der Waals surface area contributed by atoms with Gasteiger partial charge in [0.05, 0.1) is 0 Å². The fourth-order valence-corrected chi connectivity index (χ4v) is 3.93. The highest BCUT2D eigenvalue weighted by Crippen LogP contribution is 2.33. The lowest BCUT2D eigenvalue weighted by atomic mass is 9.81. The zero-order valence-corrected chi connectivity index (χ0v) is 14.6. The van der Waals surface area contributed by atoms with Gasteiger partial charge in [0, 0.05) is 26.7 Å². The molecule has 0 unspecified atom stereocenters. The molecule has 0 aromatic heterocycles. The van der Waals surface area contributed by atoms with Crippen molar-refractivity contribution in [3.63, 3.8) is 0 Å². The lowest BCUT2D eigenvalue weighted by Gasteiger charge is -2.19. The Balaban J connectivity index is 1.83. The molecule has 0 bridgehead atoms. The largest absolute Gasteiger partial charge is 0.289 e. The Morgan fingerprint density at radius 3 is 1.48 bits per heavy atom. The van der Waals surface area contributed by atoms with Gasteiger partial charge in [-0.2, -0.15) is 0 Å². The van der Waals surface area contributed by atoms with Crippen LogP contribution >= 0.6 is 15.9 Å². The molecular formula is C22H11BrO2. The Bertz CT molecular complexity index is 1240. The molecule has 4 aromatic rings. The minimum Gasteiger partial charge on any atom is -0.289 e. The molecule has 0 radical (unpaired) electrons. The normalized spacial score (nSPS) is 13.2. The number of ketones is 2. The van der Waals surface area contributed by atoms with Crippen LogP contribution in [0.4, 0.5) is 0 Å². The van der Waals surface area contributed by atoms with Gasteiger partial charge in [-0.3, -0.25) is 9.59 Å². The molecule has 5 rings (SSSR count). The maximum atomic E-state index is 13.1. The minimum atomic E-state index is -0.0859. The first-order chi connectivity index (χ1) is 12.1. The fraction of sp³-hybridized carbons (Fsp3) is 0. The van der Waals surface area contributed by atoms with Gasteiger partial charge in [-0.25, -0.2) is 0 Å². The van der Waals surface area contributed by atoms with Gasteiger partial charge in [0.15, 0.2) is 11.6 Å². The van der Waals surface area contributed by atoms with E-state index in [4.69, 9.17) is 0 Å². The monoisotopic (exact) mass is 386 g/mol. The van der Waals surface area contributed by atoms with Gasteiger partial charge in [-0.15, -0.1) is 0 Å². The predicted octanol–water partition coefficient (Wildman–Crippen LogP) is 5.53. The van der Waals surface area contributed by atoms with Crippen molar-refractivity contribution in [2.75, 3.05) is 0 Å². The van der Waals surface area contributed by atoms with Crippen molar-refractivity contribution in [2.24, 2.45) is 0 Å². The molecule has 0 heterocycles. The molecular weight excluding hydrogens is 376 g/mol. The maximum absolute atomic E-state index is 13.1. The van der Waals surface area contributed by atoms with Gasteiger partial charge in [-0.05, 0) is 57.9 Å². The number of hydrogen-bond donors (Lipinski definition) is 0. The van der Waals surface area contributed by atoms with E-state index in [0.717, 1.165) is 26.0 Å². The lowest BCUT2D eigenvalue weighted by Crippen LogP contribution is -2.20. The number of benzene rings is 4. The molecule has 118 valence electrons. The van der Waals surface area contributed by atoms with Gasteiger partial charge in [0.2, 0.25) is 0 Å². The van der Waals surface area contributed by atoms with E-state index >= 15 is 0 Å². The smallest absolute Gasteiger partial charge is 0.194 e. The number of halogens is 1. The molecule has 0 saturated heterocycles. The summed E-state index contributed by atoms with van der Waals surface area (Å²) in [5, 5.41) is 3.83. The van der Waals surface area contributed by atoms with Crippen LogP contribution in [0.1, 0.15) is 31.8 Å². The lowest BCUT2D eigenvalue weighted by molar-refractivity contribution is 0.0979. The van der Waals surface area contributed by atoms with Crippen LogP contribution < -0.4 is 0 Å². The van der Waals surface area contributed by atoms with Gasteiger partial charge < -0.3 is 0 Å². The van der Waals surface area contributed by atoms with Crippen molar-refractivity contribution in [1.82, 2.24) is 0 Å². The fourth-order valence-electron chi connectivity index (χ4n) is 3.55. The van der Waals surface area contributed by atoms with E-state index in [-0.39, 0.29) is 11.6 Å². The first-order valence-electron chi connectivity index (χ1n) is 7.97. The van der Waals surface area contributed by atoms with Crippen molar-refractivity contribution in [3.05, 3.63) is 93.5 Å². The summed E-state index contributed by atoms with van der Waals surface area (Å²) in [6.07, 6.45) is 0. The second-order valence-electron chi connectivity index (χ2n) is 6.29. The molecule has 1 aliphatic rings. The molecule has 0 aliphatic heterocycles. The number of carbonyl (C=O) groups is 2. The third-order valence-electron chi connectivity index (χ3n) is 4.80. The topological polar surface area (TPSA) is 34.1 Å². The van der Waals surface area contributed by atoms with E-state index < -0.39 is 0 Å².